The molecule has 19 heavy (non-hydrogen) atoms. The summed E-state index contributed by atoms with van der Waals surface area (Å²) in [5.74, 6) is -0.271. The fourth-order valence-corrected chi connectivity index (χ4v) is 2.99. The highest BCUT2D eigenvalue weighted by Crippen LogP contribution is 2.26. The van der Waals surface area contributed by atoms with Gasteiger partial charge in [0.2, 0.25) is 0 Å². The lowest BCUT2D eigenvalue weighted by Gasteiger charge is -2.24. The summed E-state index contributed by atoms with van der Waals surface area (Å²) in [6, 6.07) is 4.09. The molecule has 4 nitrogen and oxygen atoms in total. The van der Waals surface area contributed by atoms with Crippen LogP contribution in [-0.4, -0.2) is 32.3 Å². The van der Waals surface area contributed by atoms with Crippen LogP contribution in [0.15, 0.2) is 23.1 Å². The van der Waals surface area contributed by atoms with Crippen molar-refractivity contribution in [3.05, 3.63) is 28.8 Å². The Morgan fingerprint density at radius 3 is 2.47 bits per heavy atom. The van der Waals surface area contributed by atoms with Crippen LogP contribution in [0.1, 0.15) is 30.6 Å². The quantitative estimate of drug-likeness (QED) is 0.800. The van der Waals surface area contributed by atoms with Gasteiger partial charge in [0, 0.05) is 29.3 Å². The predicted octanol–water partition coefficient (Wildman–Crippen LogP) is 3.14. The zero-order valence-corrected chi connectivity index (χ0v) is 13.2. The zero-order valence-electron chi connectivity index (χ0n) is 10.9. The van der Waals surface area contributed by atoms with Crippen LogP contribution < -0.4 is 0 Å². The lowest BCUT2D eigenvalue weighted by Crippen LogP contribution is -2.34. The van der Waals surface area contributed by atoms with E-state index in [1.807, 2.05) is 13.8 Å². The molecule has 0 N–H and O–H groups in total. The maximum atomic E-state index is 12.2. The first kappa shape index (κ1) is 16.3. The van der Waals surface area contributed by atoms with Gasteiger partial charge in [-0.3, -0.25) is 4.79 Å². The molecule has 0 saturated heterocycles. The molecule has 0 bridgehead atoms. The third-order valence-corrected chi connectivity index (χ3v) is 4.82. The Hall–Kier alpha value is -0.780. The van der Waals surface area contributed by atoms with Gasteiger partial charge in [-0.2, -0.15) is 0 Å². The number of amides is 1. The van der Waals surface area contributed by atoms with Crippen molar-refractivity contribution in [1.29, 1.82) is 0 Å². The summed E-state index contributed by atoms with van der Waals surface area (Å²) in [5.41, 5.74) is 0.242. The minimum absolute atomic E-state index is 0.00209. The van der Waals surface area contributed by atoms with E-state index < -0.39 is 9.05 Å². The van der Waals surface area contributed by atoms with Gasteiger partial charge in [0.1, 0.15) is 4.90 Å². The molecule has 0 aromatic heterocycles. The zero-order chi connectivity index (χ0) is 14.8. The number of benzene rings is 1. The van der Waals surface area contributed by atoms with Crippen LogP contribution in [0, 0.1) is 0 Å². The molecule has 1 aromatic carbocycles. The van der Waals surface area contributed by atoms with Crippen molar-refractivity contribution in [2.45, 2.75) is 31.2 Å². The molecule has 0 radical (unpaired) electrons. The smallest absolute Gasteiger partial charge is 0.262 e. The molecule has 0 aliphatic heterocycles. The van der Waals surface area contributed by atoms with E-state index in [9.17, 15) is 13.2 Å². The molecule has 106 valence electrons. The van der Waals surface area contributed by atoms with Crippen molar-refractivity contribution >= 4 is 37.2 Å². The molecule has 1 aromatic rings. The lowest BCUT2D eigenvalue weighted by molar-refractivity contribution is 0.0740. The molecule has 0 saturated carbocycles. The Morgan fingerprint density at radius 2 is 2.00 bits per heavy atom. The Balaban J connectivity index is 3.20. The van der Waals surface area contributed by atoms with Crippen molar-refractivity contribution in [3.63, 3.8) is 0 Å². The van der Waals surface area contributed by atoms with Crippen LogP contribution in [0.4, 0.5) is 0 Å². The van der Waals surface area contributed by atoms with Crippen molar-refractivity contribution in [1.82, 2.24) is 4.90 Å². The normalized spacial score (nSPS) is 13.1. The highest BCUT2D eigenvalue weighted by atomic mass is 35.7. The van der Waals surface area contributed by atoms with E-state index in [0.717, 1.165) is 6.42 Å². The Bertz CT molecular complexity index is 587. The van der Waals surface area contributed by atoms with Gasteiger partial charge in [-0.1, -0.05) is 18.5 Å². The van der Waals surface area contributed by atoms with Gasteiger partial charge in [0.15, 0.2) is 0 Å². The molecule has 0 fully saturated rings. The van der Waals surface area contributed by atoms with E-state index in [1.165, 1.54) is 18.2 Å². The maximum Gasteiger partial charge on any atom is 0.262 e. The Morgan fingerprint density at radius 1 is 1.42 bits per heavy atom. The molecule has 0 aliphatic rings. The number of rotatable bonds is 4. The van der Waals surface area contributed by atoms with E-state index in [2.05, 4.69) is 0 Å². The molecule has 1 rings (SSSR count). The van der Waals surface area contributed by atoms with Gasteiger partial charge in [0.05, 0.1) is 5.02 Å². The molecule has 0 aliphatic carbocycles. The van der Waals surface area contributed by atoms with Crippen LogP contribution in [-0.2, 0) is 9.05 Å². The second kappa shape index (κ2) is 6.11. The van der Waals surface area contributed by atoms with Gasteiger partial charge in [-0.05, 0) is 31.5 Å². The number of hydrogen-bond donors (Lipinski definition) is 0. The highest BCUT2D eigenvalue weighted by molar-refractivity contribution is 8.13. The SMILES string of the molecule is CCC(C)N(C)C(=O)c1ccc(Cl)c(S(=O)(=O)Cl)c1. The van der Waals surface area contributed by atoms with E-state index in [-0.39, 0.29) is 27.4 Å². The van der Waals surface area contributed by atoms with Gasteiger partial charge < -0.3 is 4.90 Å². The first-order valence-electron chi connectivity index (χ1n) is 5.69. The summed E-state index contributed by atoms with van der Waals surface area (Å²) in [5, 5.41) is -0.00209. The average molecular weight is 324 g/mol. The van der Waals surface area contributed by atoms with E-state index in [0.29, 0.717) is 0 Å². The van der Waals surface area contributed by atoms with Gasteiger partial charge in [0.25, 0.3) is 15.0 Å². The minimum atomic E-state index is -3.97. The molecular weight excluding hydrogens is 309 g/mol. The van der Waals surface area contributed by atoms with Crippen LogP contribution >= 0.6 is 22.3 Å². The molecule has 0 spiro atoms. The molecule has 1 amide bonds. The Labute approximate surface area is 122 Å². The van der Waals surface area contributed by atoms with E-state index in [1.54, 1.807) is 11.9 Å². The van der Waals surface area contributed by atoms with E-state index >= 15 is 0 Å². The number of hydrogen-bond acceptors (Lipinski definition) is 3. The summed E-state index contributed by atoms with van der Waals surface area (Å²) in [6.07, 6.45) is 0.802. The Kier molecular flexibility index (Phi) is 5.24. The summed E-state index contributed by atoms with van der Waals surface area (Å²) in [4.78, 5) is 13.5. The summed E-state index contributed by atoms with van der Waals surface area (Å²) in [6.45, 7) is 3.87. The topological polar surface area (TPSA) is 54.5 Å². The maximum absolute atomic E-state index is 12.2. The fraction of sp³-hybridized carbons (Fsp3) is 0.417. The lowest BCUT2D eigenvalue weighted by atomic mass is 10.1. The van der Waals surface area contributed by atoms with Crippen molar-refractivity contribution in [3.8, 4) is 0 Å². The monoisotopic (exact) mass is 323 g/mol. The van der Waals surface area contributed by atoms with Gasteiger partial charge >= 0.3 is 0 Å². The van der Waals surface area contributed by atoms with Gasteiger partial charge in [-0.15, -0.1) is 0 Å². The number of carbonyl (C=O) groups excluding carboxylic acids is 1. The van der Waals surface area contributed by atoms with Crippen molar-refractivity contribution in [2.75, 3.05) is 7.05 Å². The van der Waals surface area contributed by atoms with E-state index in [4.69, 9.17) is 22.3 Å². The van der Waals surface area contributed by atoms with Gasteiger partial charge in [-0.25, -0.2) is 8.42 Å². The number of carbonyl (C=O) groups is 1. The molecule has 1 unspecified atom stereocenters. The summed E-state index contributed by atoms with van der Waals surface area (Å²) < 4.78 is 22.7. The second-order valence-electron chi connectivity index (χ2n) is 4.26. The van der Waals surface area contributed by atoms with Crippen molar-refractivity contribution < 1.29 is 13.2 Å². The highest BCUT2D eigenvalue weighted by Gasteiger charge is 2.21. The van der Waals surface area contributed by atoms with Crippen LogP contribution in [0.25, 0.3) is 0 Å². The minimum Gasteiger partial charge on any atom is -0.339 e. The fourth-order valence-electron chi connectivity index (χ4n) is 1.50. The molecular formula is C12H15Cl2NO3S. The van der Waals surface area contributed by atoms with Crippen LogP contribution in [0.3, 0.4) is 0 Å². The summed E-state index contributed by atoms with van der Waals surface area (Å²) >= 11 is 5.77. The molecule has 0 heterocycles. The largest absolute Gasteiger partial charge is 0.339 e. The second-order valence-corrected chi connectivity index (χ2v) is 7.20. The third kappa shape index (κ3) is 3.84. The average Bonchev–Trinajstić information content (AvgIpc) is 2.35. The molecule has 7 heteroatoms. The van der Waals surface area contributed by atoms with Crippen LogP contribution in [0.5, 0.6) is 0 Å². The first-order valence-corrected chi connectivity index (χ1v) is 8.38. The van der Waals surface area contributed by atoms with Crippen molar-refractivity contribution in [2.24, 2.45) is 0 Å². The number of nitrogens with zero attached hydrogens (tertiary/aromatic N) is 1. The first-order chi connectivity index (χ1) is 8.68. The molecule has 1 atom stereocenters. The summed E-state index contributed by atoms with van der Waals surface area (Å²) in [7, 11) is 2.97. The standard InChI is InChI=1S/C12H15Cl2NO3S/c1-4-8(2)15(3)12(16)9-5-6-10(13)11(7-9)19(14,17)18/h5-8H,4H2,1-3H3. The van der Waals surface area contributed by atoms with Crippen LogP contribution in [0.2, 0.25) is 5.02 Å². The number of halogens is 2. The third-order valence-electron chi connectivity index (χ3n) is 3.01. The predicted molar refractivity (Wildman–Crippen MR) is 76.3 cm³/mol.